The summed E-state index contributed by atoms with van der Waals surface area (Å²) in [7, 11) is 5.68. The average molecular weight is 362 g/mol. The molecule has 1 aromatic heterocycles. The maximum Gasteiger partial charge on any atom is 0.240 e. The highest BCUT2D eigenvalue weighted by atomic mass is 32.1. The monoisotopic (exact) mass is 362 g/mol. The molecule has 25 heavy (non-hydrogen) atoms. The zero-order chi connectivity index (χ0) is 18.4. The molecule has 0 saturated carbocycles. The summed E-state index contributed by atoms with van der Waals surface area (Å²) in [4.78, 5) is 29.2. The van der Waals surface area contributed by atoms with Crippen molar-refractivity contribution in [3.8, 4) is 0 Å². The van der Waals surface area contributed by atoms with Gasteiger partial charge in [-0.25, -0.2) is 4.98 Å². The number of rotatable bonds is 4. The molecule has 0 saturated heterocycles. The van der Waals surface area contributed by atoms with Crippen LogP contribution < -0.4 is 15.1 Å². The van der Waals surface area contributed by atoms with Gasteiger partial charge < -0.3 is 15.1 Å². The minimum absolute atomic E-state index is 0.0769. The van der Waals surface area contributed by atoms with Crippen LogP contribution in [0.5, 0.6) is 0 Å². The summed E-state index contributed by atoms with van der Waals surface area (Å²) in [5.41, 5.74) is 3.56. The lowest BCUT2D eigenvalue weighted by Gasteiger charge is -2.20. The molecule has 2 heterocycles. The van der Waals surface area contributed by atoms with Gasteiger partial charge in [-0.2, -0.15) is 4.09 Å². The van der Waals surface area contributed by atoms with Crippen molar-refractivity contribution in [1.82, 2.24) is 19.5 Å². The van der Waals surface area contributed by atoms with Gasteiger partial charge in [-0.15, -0.1) is 5.10 Å². The van der Waals surface area contributed by atoms with Crippen molar-refractivity contribution in [2.24, 2.45) is 0 Å². The molecular weight excluding hydrogens is 340 g/mol. The van der Waals surface area contributed by atoms with E-state index in [-0.39, 0.29) is 11.7 Å². The summed E-state index contributed by atoms with van der Waals surface area (Å²) in [6.45, 7) is 1.43. The first-order chi connectivity index (χ1) is 12.0. The van der Waals surface area contributed by atoms with Gasteiger partial charge in [-0.3, -0.25) is 9.59 Å². The second-order valence-electron chi connectivity index (χ2n) is 5.59. The number of thiol groups is 1. The van der Waals surface area contributed by atoms with Crippen molar-refractivity contribution in [1.29, 1.82) is 0 Å². The standard InChI is InChI=1S/C13H19N3O.C3H3N3OS/c1-14-9-13(17)16(3)11-5-4-10-6-7-15(2)12(10)8-11;7-1-3-4-2-5-6(3)8/h4-5,8,14H,6-7,9H2,1-3H3;1-2,8H. The molecule has 0 aliphatic carbocycles. The summed E-state index contributed by atoms with van der Waals surface area (Å²) >= 11 is 3.74. The van der Waals surface area contributed by atoms with Crippen LogP contribution in [0.3, 0.4) is 0 Å². The summed E-state index contributed by atoms with van der Waals surface area (Å²) in [5.74, 6) is 0.293. The van der Waals surface area contributed by atoms with Crippen molar-refractivity contribution in [2.75, 3.05) is 44.0 Å². The van der Waals surface area contributed by atoms with E-state index in [2.05, 4.69) is 52.3 Å². The minimum Gasteiger partial charge on any atom is -0.374 e. The van der Waals surface area contributed by atoms with E-state index in [1.165, 1.54) is 17.6 Å². The number of anilines is 2. The van der Waals surface area contributed by atoms with Gasteiger partial charge in [0, 0.05) is 32.0 Å². The number of nitrogens with zero attached hydrogens (tertiary/aromatic N) is 5. The Labute approximate surface area is 152 Å². The fourth-order valence-corrected chi connectivity index (χ4v) is 2.62. The number of carbonyl (C=O) groups excluding carboxylic acids is 2. The third-order valence-corrected chi connectivity index (χ3v) is 4.26. The van der Waals surface area contributed by atoms with Crippen molar-refractivity contribution < 1.29 is 9.59 Å². The van der Waals surface area contributed by atoms with Crippen LogP contribution in [0.25, 0.3) is 0 Å². The average Bonchev–Trinajstić information content (AvgIpc) is 3.20. The molecule has 134 valence electrons. The van der Waals surface area contributed by atoms with Crippen LogP contribution in [-0.4, -0.2) is 60.6 Å². The highest BCUT2D eigenvalue weighted by molar-refractivity contribution is 7.78. The van der Waals surface area contributed by atoms with Crippen LogP contribution in [0.4, 0.5) is 11.4 Å². The lowest BCUT2D eigenvalue weighted by atomic mass is 10.1. The SMILES string of the molecule is CNCC(=O)N(C)c1ccc2c(c1)N(C)CC2.O=Cc1ncnn1S. The summed E-state index contributed by atoms with van der Waals surface area (Å²) in [6.07, 6.45) is 2.94. The number of aldehydes is 1. The van der Waals surface area contributed by atoms with E-state index in [1.807, 2.05) is 13.1 Å². The maximum atomic E-state index is 11.8. The first-order valence-corrected chi connectivity index (χ1v) is 8.17. The van der Waals surface area contributed by atoms with Crippen LogP contribution in [-0.2, 0) is 11.2 Å². The third-order valence-electron chi connectivity index (χ3n) is 3.95. The molecule has 1 N–H and O–H groups in total. The zero-order valence-electron chi connectivity index (χ0n) is 14.5. The van der Waals surface area contributed by atoms with Gasteiger partial charge in [0.1, 0.15) is 6.33 Å². The highest BCUT2D eigenvalue weighted by Gasteiger charge is 2.18. The Bertz CT molecular complexity index is 748. The number of nitrogens with one attached hydrogen (secondary N) is 1. The molecule has 0 bridgehead atoms. The predicted octanol–water partition coefficient (Wildman–Crippen LogP) is 0.645. The molecule has 3 rings (SSSR count). The van der Waals surface area contributed by atoms with E-state index in [4.69, 9.17) is 0 Å². The fraction of sp³-hybridized carbons (Fsp3) is 0.375. The second-order valence-corrected chi connectivity index (χ2v) is 5.97. The Kier molecular flexibility index (Phi) is 6.54. The summed E-state index contributed by atoms with van der Waals surface area (Å²) in [6, 6.07) is 6.23. The van der Waals surface area contributed by atoms with Crippen LogP contribution in [0.15, 0.2) is 24.5 Å². The van der Waals surface area contributed by atoms with Gasteiger partial charge in [0.15, 0.2) is 6.29 Å². The van der Waals surface area contributed by atoms with Crippen molar-refractivity contribution in [3.63, 3.8) is 0 Å². The first-order valence-electron chi connectivity index (χ1n) is 7.77. The smallest absolute Gasteiger partial charge is 0.240 e. The maximum absolute atomic E-state index is 11.8. The largest absolute Gasteiger partial charge is 0.374 e. The first kappa shape index (κ1) is 18.9. The van der Waals surface area contributed by atoms with Crippen LogP contribution >= 0.6 is 12.8 Å². The van der Waals surface area contributed by atoms with E-state index >= 15 is 0 Å². The number of amides is 1. The number of aromatic nitrogens is 3. The molecule has 8 nitrogen and oxygen atoms in total. The van der Waals surface area contributed by atoms with Gasteiger partial charge in [-0.1, -0.05) is 6.07 Å². The van der Waals surface area contributed by atoms with Gasteiger partial charge in [0.2, 0.25) is 11.7 Å². The van der Waals surface area contributed by atoms with Crippen LogP contribution in [0, 0.1) is 0 Å². The number of likely N-dealkylation sites (N-methyl/N-ethyl adjacent to an activating group) is 3. The lowest BCUT2D eigenvalue weighted by molar-refractivity contribution is -0.117. The molecule has 2 aromatic rings. The number of hydrogen-bond donors (Lipinski definition) is 2. The van der Waals surface area contributed by atoms with Crippen molar-refractivity contribution in [3.05, 3.63) is 35.9 Å². The number of fused-ring (bicyclic) bond motifs is 1. The number of hydrogen-bond acceptors (Lipinski definition) is 7. The lowest BCUT2D eigenvalue weighted by Crippen LogP contribution is -2.34. The summed E-state index contributed by atoms with van der Waals surface area (Å²) in [5, 5.41) is 6.40. The Morgan fingerprint density at radius 3 is 2.80 bits per heavy atom. The quantitative estimate of drug-likeness (QED) is 0.614. The van der Waals surface area contributed by atoms with Gasteiger partial charge in [-0.05, 0) is 44.0 Å². The molecule has 1 aromatic carbocycles. The van der Waals surface area contributed by atoms with Crippen molar-refractivity contribution in [2.45, 2.75) is 6.42 Å². The van der Waals surface area contributed by atoms with E-state index < -0.39 is 0 Å². The Hall–Kier alpha value is -2.39. The topological polar surface area (TPSA) is 83.4 Å². The minimum atomic E-state index is 0.0769. The molecular formula is C16H22N6O2S. The predicted molar refractivity (Wildman–Crippen MR) is 101 cm³/mol. The fourth-order valence-electron chi connectivity index (χ4n) is 2.47. The third kappa shape index (κ3) is 4.58. The molecule has 0 spiro atoms. The van der Waals surface area contributed by atoms with E-state index in [1.54, 1.807) is 11.9 Å². The highest BCUT2D eigenvalue weighted by Crippen LogP contribution is 2.30. The molecule has 0 atom stereocenters. The van der Waals surface area contributed by atoms with Crippen LogP contribution in [0.2, 0.25) is 0 Å². The Morgan fingerprint density at radius 1 is 1.48 bits per heavy atom. The van der Waals surface area contributed by atoms with E-state index in [0.717, 1.165) is 22.7 Å². The molecule has 0 fully saturated rings. The normalized spacial score (nSPS) is 12.2. The zero-order valence-corrected chi connectivity index (χ0v) is 15.4. The van der Waals surface area contributed by atoms with Gasteiger partial charge in [0.05, 0.1) is 6.54 Å². The molecule has 0 radical (unpaired) electrons. The van der Waals surface area contributed by atoms with Gasteiger partial charge in [0.25, 0.3) is 0 Å². The molecule has 1 aliphatic heterocycles. The van der Waals surface area contributed by atoms with Crippen LogP contribution in [0.1, 0.15) is 16.2 Å². The molecule has 1 amide bonds. The van der Waals surface area contributed by atoms with Gasteiger partial charge >= 0.3 is 0 Å². The molecule has 0 unspecified atom stereocenters. The van der Waals surface area contributed by atoms with E-state index in [9.17, 15) is 9.59 Å². The molecule has 9 heteroatoms. The number of carbonyl (C=O) groups is 2. The van der Waals surface area contributed by atoms with Crippen molar-refractivity contribution >= 4 is 36.4 Å². The van der Waals surface area contributed by atoms with E-state index in [0.29, 0.717) is 12.8 Å². The Morgan fingerprint density at radius 2 is 2.24 bits per heavy atom. The number of benzene rings is 1. The molecule has 1 aliphatic rings. The summed E-state index contributed by atoms with van der Waals surface area (Å²) < 4.78 is 1.10. The second kappa shape index (κ2) is 8.63. The Balaban J connectivity index is 0.000000236.